The Morgan fingerprint density at radius 2 is 1.05 bits per heavy atom. The van der Waals surface area contributed by atoms with Crippen LogP contribution in [0, 0.1) is 34.6 Å². The van der Waals surface area contributed by atoms with Crippen LogP contribution in [-0.2, 0) is 5.41 Å². The predicted octanol–water partition coefficient (Wildman–Crippen LogP) is 18.4. The molecule has 0 aliphatic rings. The number of nitrogens with zero attached hydrogens (tertiary/aromatic N) is 2. The lowest BCUT2D eigenvalue weighted by molar-refractivity contribution is 0.591. The number of aryl methyl sites for hydroxylation is 3. The quantitative estimate of drug-likeness (QED) is 0.0999. The number of allylic oxidation sites excluding steroid dienone is 4. The zero-order valence-electron chi connectivity index (χ0n) is 39.8. The molecule has 0 aliphatic heterocycles. The fourth-order valence-electron chi connectivity index (χ4n) is 9.86. The van der Waals surface area contributed by atoms with Crippen molar-refractivity contribution < 1.29 is 0 Å². The molecule has 0 bridgehead atoms. The standard InChI is InChI=1S/C63H60N2/c1-12-51(30-23-40(2)3)64(61-42(5)26-33-53(44(61)7)46-19-15-13-16-20-46)57-39-58(56-36-29-49-38-50(63(9,10)11)37-48-28-35-55(57)60(56)59(48)49)65(52-31-24-41(4)25-32-52)62-43(6)27-34-54(45(62)8)47-21-17-14-18-22-47/h12-39H,1H2,2-11H3/b51-30+. The molecule has 0 saturated carbocycles. The normalized spacial score (nSPS) is 12.0. The lowest BCUT2D eigenvalue weighted by atomic mass is 9.83. The lowest BCUT2D eigenvalue weighted by Gasteiger charge is -2.35. The summed E-state index contributed by atoms with van der Waals surface area (Å²) in [6.45, 7) is 27.0. The third-order valence-corrected chi connectivity index (χ3v) is 13.2. The molecule has 2 heteroatoms. The first-order valence-corrected chi connectivity index (χ1v) is 23.0. The average molecular weight is 845 g/mol. The molecule has 2 nitrogen and oxygen atoms in total. The van der Waals surface area contributed by atoms with Crippen LogP contribution in [0.25, 0.3) is 54.6 Å². The van der Waals surface area contributed by atoms with Gasteiger partial charge in [-0.15, -0.1) is 0 Å². The second kappa shape index (κ2) is 17.1. The van der Waals surface area contributed by atoms with Crippen LogP contribution in [0.5, 0.6) is 0 Å². The molecular weight excluding hydrogens is 785 g/mol. The minimum Gasteiger partial charge on any atom is -0.309 e. The summed E-state index contributed by atoms with van der Waals surface area (Å²) >= 11 is 0. The third kappa shape index (κ3) is 7.82. The lowest BCUT2D eigenvalue weighted by Crippen LogP contribution is -2.20. The van der Waals surface area contributed by atoms with Crippen molar-refractivity contribution in [2.75, 3.05) is 9.80 Å². The van der Waals surface area contributed by atoms with E-state index in [1.165, 1.54) is 99.2 Å². The molecule has 9 aromatic carbocycles. The predicted molar refractivity (Wildman–Crippen MR) is 284 cm³/mol. The first kappa shape index (κ1) is 43.1. The molecule has 0 atom stereocenters. The van der Waals surface area contributed by atoms with E-state index in [1.54, 1.807) is 0 Å². The monoisotopic (exact) mass is 844 g/mol. The van der Waals surface area contributed by atoms with Crippen LogP contribution < -0.4 is 9.80 Å². The highest BCUT2D eigenvalue weighted by atomic mass is 15.2. The summed E-state index contributed by atoms with van der Waals surface area (Å²) in [5.41, 5.74) is 20.1. The van der Waals surface area contributed by atoms with E-state index >= 15 is 0 Å². The van der Waals surface area contributed by atoms with Gasteiger partial charge in [0.15, 0.2) is 0 Å². The fourth-order valence-corrected chi connectivity index (χ4v) is 9.86. The number of hydrogen-bond donors (Lipinski definition) is 0. The second-order valence-electron chi connectivity index (χ2n) is 19.1. The van der Waals surface area contributed by atoms with E-state index in [0.29, 0.717) is 0 Å². The molecule has 0 radical (unpaired) electrons. The molecule has 0 unspecified atom stereocenters. The molecule has 9 rings (SSSR count). The highest BCUT2D eigenvalue weighted by Gasteiger charge is 2.29. The van der Waals surface area contributed by atoms with Crippen LogP contribution in [0.3, 0.4) is 0 Å². The van der Waals surface area contributed by atoms with Crippen molar-refractivity contribution in [2.24, 2.45) is 0 Å². The maximum absolute atomic E-state index is 4.52. The zero-order chi connectivity index (χ0) is 45.7. The summed E-state index contributed by atoms with van der Waals surface area (Å²) in [5.74, 6) is 0. The van der Waals surface area contributed by atoms with Crippen LogP contribution in [0.15, 0.2) is 188 Å². The number of rotatable bonds is 10. The van der Waals surface area contributed by atoms with Gasteiger partial charge in [-0.3, -0.25) is 0 Å². The Bertz CT molecular complexity index is 3280. The van der Waals surface area contributed by atoms with Crippen molar-refractivity contribution >= 4 is 60.8 Å². The maximum atomic E-state index is 4.52. The second-order valence-corrected chi connectivity index (χ2v) is 19.1. The van der Waals surface area contributed by atoms with E-state index in [-0.39, 0.29) is 5.41 Å². The highest BCUT2D eigenvalue weighted by Crippen LogP contribution is 2.52. The Balaban J connectivity index is 1.48. The molecule has 0 N–H and O–H groups in total. The third-order valence-electron chi connectivity index (χ3n) is 13.2. The van der Waals surface area contributed by atoms with Gasteiger partial charge in [0, 0.05) is 27.5 Å². The van der Waals surface area contributed by atoms with Gasteiger partial charge in [0.25, 0.3) is 0 Å². The first-order chi connectivity index (χ1) is 31.2. The molecule has 0 amide bonds. The fraction of sp³-hybridized carbons (Fsp3) is 0.175. The molecule has 322 valence electrons. The minimum atomic E-state index is -0.00789. The van der Waals surface area contributed by atoms with Gasteiger partial charge in [-0.25, -0.2) is 0 Å². The SMILES string of the molecule is C=C/C(=C\C=C(C)C)N(c1c(C)ccc(-c2ccccc2)c1C)c1cc(N(c2ccc(C)cc2)c2c(C)ccc(-c3ccccc3)c2C)c2ccc3cc(C(C)(C)C)cc4ccc1c2c43. The molecular formula is C63H60N2. The number of hydrogen-bond acceptors (Lipinski definition) is 2. The molecule has 0 saturated heterocycles. The van der Waals surface area contributed by atoms with Crippen LogP contribution >= 0.6 is 0 Å². The van der Waals surface area contributed by atoms with Crippen molar-refractivity contribution in [3.8, 4) is 22.3 Å². The molecule has 65 heavy (non-hydrogen) atoms. The Kier molecular flexibility index (Phi) is 11.3. The van der Waals surface area contributed by atoms with Crippen LogP contribution in [-0.4, -0.2) is 0 Å². The molecule has 0 fully saturated rings. The summed E-state index contributed by atoms with van der Waals surface area (Å²) < 4.78 is 0. The minimum absolute atomic E-state index is 0.00789. The average Bonchev–Trinajstić information content (AvgIpc) is 3.29. The van der Waals surface area contributed by atoms with Gasteiger partial charge >= 0.3 is 0 Å². The van der Waals surface area contributed by atoms with E-state index < -0.39 is 0 Å². The Hall–Kier alpha value is -7.16. The van der Waals surface area contributed by atoms with Gasteiger partial charge < -0.3 is 9.80 Å². The van der Waals surface area contributed by atoms with Gasteiger partial charge in [0.1, 0.15) is 0 Å². The number of benzene rings is 9. The van der Waals surface area contributed by atoms with Gasteiger partial charge in [0.05, 0.1) is 22.7 Å². The summed E-state index contributed by atoms with van der Waals surface area (Å²) in [6, 6.07) is 56.6. The van der Waals surface area contributed by atoms with Crippen molar-refractivity contribution in [1.82, 2.24) is 0 Å². The van der Waals surface area contributed by atoms with Crippen molar-refractivity contribution in [1.29, 1.82) is 0 Å². The van der Waals surface area contributed by atoms with Crippen molar-refractivity contribution in [3.63, 3.8) is 0 Å². The molecule has 0 aromatic heterocycles. The first-order valence-electron chi connectivity index (χ1n) is 23.0. The molecule has 9 aromatic rings. The van der Waals surface area contributed by atoms with Gasteiger partial charge in [-0.1, -0.05) is 178 Å². The van der Waals surface area contributed by atoms with E-state index in [4.69, 9.17) is 0 Å². The van der Waals surface area contributed by atoms with Crippen molar-refractivity contribution in [2.45, 2.75) is 74.7 Å². The molecule has 0 heterocycles. The molecule has 0 spiro atoms. The Morgan fingerprint density at radius 3 is 1.57 bits per heavy atom. The topological polar surface area (TPSA) is 6.48 Å². The van der Waals surface area contributed by atoms with Crippen LogP contribution in [0.1, 0.15) is 68.0 Å². The highest BCUT2D eigenvalue weighted by molar-refractivity contribution is 6.29. The van der Waals surface area contributed by atoms with Gasteiger partial charge in [-0.05, 0) is 150 Å². The van der Waals surface area contributed by atoms with Crippen molar-refractivity contribution in [3.05, 3.63) is 221 Å². The Labute approximate surface area is 386 Å². The summed E-state index contributed by atoms with van der Waals surface area (Å²) in [7, 11) is 0. The summed E-state index contributed by atoms with van der Waals surface area (Å²) in [6.07, 6.45) is 6.47. The summed E-state index contributed by atoms with van der Waals surface area (Å²) in [5, 5.41) is 7.44. The largest absolute Gasteiger partial charge is 0.309 e. The maximum Gasteiger partial charge on any atom is 0.0561 e. The van der Waals surface area contributed by atoms with Crippen LogP contribution in [0.4, 0.5) is 28.4 Å². The van der Waals surface area contributed by atoms with Gasteiger partial charge in [-0.2, -0.15) is 0 Å². The van der Waals surface area contributed by atoms with Crippen LogP contribution in [0.2, 0.25) is 0 Å². The number of anilines is 5. The van der Waals surface area contributed by atoms with E-state index in [2.05, 4.69) is 249 Å². The smallest absolute Gasteiger partial charge is 0.0561 e. The summed E-state index contributed by atoms with van der Waals surface area (Å²) in [4.78, 5) is 5.03. The molecule has 0 aliphatic carbocycles. The van der Waals surface area contributed by atoms with E-state index in [0.717, 1.165) is 28.4 Å². The Morgan fingerprint density at radius 1 is 0.523 bits per heavy atom. The van der Waals surface area contributed by atoms with E-state index in [1.807, 2.05) is 6.08 Å². The van der Waals surface area contributed by atoms with E-state index in [9.17, 15) is 0 Å². The zero-order valence-corrected chi connectivity index (χ0v) is 39.8. The van der Waals surface area contributed by atoms with Gasteiger partial charge in [0.2, 0.25) is 0 Å².